The van der Waals surface area contributed by atoms with Crippen LogP contribution < -0.4 is 16.4 Å². The number of hydrogen-bond acceptors (Lipinski definition) is 3. The summed E-state index contributed by atoms with van der Waals surface area (Å²) in [6.45, 7) is 4.23. The highest BCUT2D eigenvalue weighted by Gasteiger charge is 1.98. The molecule has 3 nitrogen and oxygen atoms in total. The van der Waals surface area contributed by atoms with Crippen molar-refractivity contribution in [3.63, 3.8) is 0 Å². The van der Waals surface area contributed by atoms with Gasteiger partial charge in [-0.05, 0) is 39.4 Å². The van der Waals surface area contributed by atoms with Crippen LogP contribution in [-0.2, 0) is 0 Å². The van der Waals surface area contributed by atoms with E-state index in [2.05, 4.69) is 17.6 Å². The molecule has 0 aromatic carbocycles. The first-order chi connectivity index (χ1) is 5.31. The smallest absolute Gasteiger partial charge is 0.0546 e. The number of nitrogens with one attached hydrogen (secondary N) is 2. The van der Waals surface area contributed by atoms with Crippen molar-refractivity contribution in [2.24, 2.45) is 5.73 Å². The summed E-state index contributed by atoms with van der Waals surface area (Å²) in [6, 6.07) is 0. The Morgan fingerprint density at radius 1 is 1.36 bits per heavy atom. The van der Waals surface area contributed by atoms with E-state index < -0.39 is 0 Å². The first kappa shape index (κ1) is 10.9. The lowest BCUT2D eigenvalue weighted by atomic mass is 10.2. The third-order valence-electron chi connectivity index (χ3n) is 1.60. The second-order valence-corrected chi connectivity index (χ2v) is 2.81. The van der Waals surface area contributed by atoms with Crippen LogP contribution in [0, 0.1) is 0 Å². The monoisotopic (exact) mass is 159 g/mol. The van der Waals surface area contributed by atoms with E-state index in [9.17, 15) is 0 Å². The zero-order chi connectivity index (χ0) is 8.53. The minimum atomic E-state index is 0.184. The van der Waals surface area contributed by atoms with E-state index in [1.165, 1.54) is 0 Å². The lowest BCUT2D eigenvalue weighted by Gasteiger charge is -2.12. The molecule has 0 aliphatic carbocycles. The first-order valence-electron chi connectivity index (χ1n) is 4.44. The van der Waals surface area contributed by atoms with Gasteiger partial charge in [0.25, 0.3) is 0 Å². The lowest BCUT2D eigenvalue weighted by Crippen LogP contribution is -2.38. The van der Waals surface area contributed by atoms with Crippen LogP contribution in [0.4, 0.5) is 0 Å². The largest absolute Gasteiger partial charge is 0.320 e. The average Bonchev–Trinajstić information content (AvgIpc) is 2.01. The second kappa shape index (κ2) is 7.98. The van der Waals surface area contributed by atoms with Crippen molar-refractivity contribution in [3.8, 4) is 0 Å². The zero-order valence-electron chi connectivity index (χ0n) is 7.69. The topological polar surface area (TPSA) is 50.1 Å². The fourth-order valence-electron chi connectivity index (χ4n) is 0.931. The summed E-state index contributed by atoms with van der Waals surface area (Å²) in [6.07, 6.45) is 3.54. The molecule has 0 rings (SSSR count). The van der Waals surface area contributed by atoms with Crippen molar-refractivity contribution in [1.82, 2.24) is 10.6 Å². The molecule has 0 heterocycles. The summed E-state index contributed by atoms with van der Waals surface area (Å²) in [7, 11) is 1.96. The highest BCUT2D eigenvalue weighted by atomic mass is 15.0. The molecule has 3 heteroatoms. The molecule has 68 valence electrons. The van der Waals surface area contributed by atoms with E-state index in [1.54, 1.807) is 0 Å². The van der Waals surface area contributed by atoms with E-state index in [-0.39, 0.29) is 6.17 Å². The third-order valence-corrected chi connectivity index (χ3v) is 1.60. The van der Waals surface area contributed by atoms with Gasteiger partial charge in [-0.3, -0.25) is 0 Å². The molecule has 0 amide bonds. The maximum absolute atomic E-state index is 5.76. The molecule has 0 saturated carbocycles. The van der Waals surface area contributed by atoms with Crippen LogP contribution in [0.2, 0.25) is 0 Å². The van der Waals surface area contributed by atoms with E-state index >= 15 is 0 Å². The first-order valence-corrected chi connectivity index (χ1v) is 4.44. The maximum Gasteiger partial charge on any atom is 0.0546 e. The van der Waals surface area contributed by atoms with E-state index in [0.29, 0.717) is 0 Å². The van der Waals surface area contributed by atoms with Gasteiger partial charge in [0.05, 0.1) is 6.17 Å². The van der Waals surface area contributed by atoms with Crippen molar-refractivity contribution in [1.29, 1.82) is 0 Å². The van der Waals surface area contributed by atoms with Crippen molar-refractivity contribution in [3.05, 3.63) is 0 Å². The van der Waals surface area contributed by atoms with Crippen LogP contribution in [0.25, 0.3) is 0 Å². The summed E-state index contributed by atoms with van der Waals surface area (Å²) < 4.78 is 0. The normalized spacial score (nSPS) is 13.4. The molecule has 0 bridgehead atoms. The predicted molar refractivity (Wildman–Crippen MR) is 49.4 cm³/mol. The predicted octanol–water partition coefficient (Wildman–Crippen LogP) is 0.270. The molecule has 0 spiro atoms. The Labute approximate surface area is 69.7 Å². The van der Waals surface area contributed by atoms with Crippen LogP contribution in [-0.4, -0.2) is 26.3 Å². The Kier molecular flexibility index (Phi) is 7.89. The van der Waals surface area contributed by atoms with Gasteiger partial charge in [0.2, 0.25) is 0 Å². The Hall–Kier alpha value is -0.120. The minimum Gasteiger partial charge on any atom is -0.320 e. The summed E-state index contributed by atoms with van der Waals surface area (Å²) >= 11 is 0. The van der Waals surface area contributed by atoms with Gasteiger partial charge in [-0.2, -0.15) is 0 Å². The fraction of sp³-hybridized carbons (Fsp3) is 1.00. The van der Waals surface area contributed by atoms with Gasteiger partial charge in [-0.25, -0.2) is 0 Å². The molecule has 0 aliphatic rings. The van der Waals surface area contributed by atoms with Gasteiger partial charge in [-0.1, -0.05) is 6.92 Å². The molecular weight excluding hydrogens is 138 g/mol. The second-order valence-electron chi connectivity index (χ2n) is 2.81. The lowest BCUT2D eigenvalue weighted by molar-refractivity contribution is 0.475. The molecule has 1 atom stereocenters. The summed E-state index contributed by atoms with van der Waals surface area (Å²) in [4.78, 5) is 0. The SMILES string of the molecule is CCCNC(N)CCCNC. The van der Waals surface area contributed by atoms with E-state index in [4.69, 9.17) is 5.73 Å². The quantitative estimate of drug-likeness (QED) is 0.369. The Balaban J connectivity index is 3.02. The molecule has 1 unspecified atom stereocenters. The minimum absolute atomic E-state index is 0.184. The third kappa shape index (κ3) is 7.78. The van der Waals surface area contributed by atoms with Crippen LogP contribution in [0.1, 0.15) is 26.2 Å². The Bertz CT molecular complexity index is 75.7. The molecule has 4 N–H and O–H groups in total. The van der Waals surface area contributed by atoms with Gasteiger partial charge in [0, 0.05) is 0 Å². The van der Waals surface area contributed by atoms with Gasteiger partial charge in [0.1, 0.15) is 0 Å². The molecule has 11 heavy (non-hydrogen) atoms. The molecule has 0 saturated heterocycles. The number of hydrogen-bond donors (Lipinski definition) is 3. The van der Waals surface area contributed by atoms with Gasteiger partial charge in [0.15, 0.2) is 0 Å². The van der Waals surface area contributed by atoms with Gasteiger partial charge < -0.3 is 16.4 Å². The fourth-order valence-corrected chi connectivity index (χ4v) is 0.931. The van der Waals surface area contributed by atoms with Crippen LogP contribution in [0.15, 0.2) is 0 Å². The molecular formula is C8H21N3. The van der Waals surface area contributed by atoms with Gasteiger partial charge in [-0.15, -0.1) is 0 Å². The molecule has 0 aromatic heterocycles. The number of nitrogens with two attached hydrogens (primary N) is 1. The molecule has 0 radical (unpaired) electrons. The molecule has 0 aliphatic heterocycles. The summed E-state index contributed by atoms with van der Waals surface area (Å²) in [5, 5.41) is 6.34. The van der Waals surface area contributed by atoms with Crippen molar-refractivity contribution in [2.75, 3.05) is 20.1 Å². The molecule has 0 fully saturated rings. The summed E-state index contributed by atoms with van der Waals surface area (Å²) in [5.74, 6) is 0. The maximum atomic E-state index is 5.76. The summed E-state index contributed by atoms with van der Waals surface area (Å²) in [5.41, 5.74) is 5.76. The van der Waals surface area contributed by atoms with Gasteiger partial charge >= 0.3 is 0 Å². The highest BCUT2D eigenvalue weighted by molar-refractivity contribution is 4.58. The highest BCUT2D eigenvalue weighted by Crippen LogP contribution is 1.89. The van der Waals surface area contributed by atoms with E-state index in [0.717, 1.165) is 32.4 Å². The van der Waals surface area contributed by atoms with E-state index in [1.807, 2.05) is 7.05 Å². The van der Waals surface area contributed by atoms with Crippen molar-refractivity contribution < 1.29 is 0 Å². The van der Waals surface area contributed by atoms with Crippen molar-refractivity contribution >= 4 is 0 Å². The average molecular weight is 159 g/mol. The van der Waals surface area contributed by atoms with Crippen LogP contribution >= 0.6 is 0 Å². The Morgan fingerprint density at radius 2 is 2.09 bits per heavy atom. The van der Waals surface area contributed by atoms with Crippen LogP contribution in [0.3, 0.4) is 0 Å². The van der Waals surface area contributed by atoms with Crippen LogP contribution in [0.5, 0.6) is 0 Å². The molecule has 0 aromatic rings. The Morgan fingerprint density at radius 3 is 2.64 bits per heavy atom. The zero-order valence-corrected chi connectivity index (χ0v) is 7.69. The number of rotatable bonds is 7. The standard InChI is InChI=1S/C8H21N3/c1-3-6-11-8(9)5-4-7-10-2/h8,10-11H,3-7,9H2,1-2H3. The van der Waals surface area contributed by atoms with Crippen molar-refractivity contribution in [2.45, 2.75) is 32.4 Å².